The van der Waals surface area contributed by atoms with Crippen LogP contribution in [0.15, 0.2) is 59.2 Å². The Morgan fingerprint density at radius 2 is 1.56 bits per heavy atom. The Balaban J connectivity index is 1.01. The Kier molecular flexibility index (Phi) is 8.82. The molecule has 1 aliphatic carbocycles. The summed E-state index contributed by atoms with van der Waals surface area (Å²) in [4.78, 5) is 24.6. The number of pyridine rings is 1. The fraction of sp³-hybridized carbons (Fsp3) is 0.500. The SMILES string of the molecule is O=C(N[C@H]1CC[C@H](CCN2CCN(c3cc(-c4ccc(F)cc4)cc(N4CCOCC4)n3)CC2)CC1)c1ccco1. The third kappa shape index (κ3) is 7.08. The number of halogens is 1. The second-order valence-corrected chi connectivity index (χ2v) is 11.5. The second-order valence-electron chi connectivity index (χ2n) is 11.5. The van der Waals surface area contributed by atoms with Crippen LogP contribution in [0.25, 0.3) is 11.1 Å². The number of rotatable bonds is 8. The Hall–Kier alpha value is -3.43. The van der Waals surface area contributed by atoms with Gasteiger partial charge >= 0.3 is 0 Å². The van der Waals surface area contributed by atoms with E-state index in [1.165, 1.54) is 24.8 Å². The van der Waals surface area contributed by atoms with Crippen molar-refractivity contribution in [3.63, 3.8) is 0 Å². The number of amides is 1. The summed E-state index contributed by atoms with van der Waals surface area (Å²) in [5, 5.41) is 3.13. The second kappa shape index (κ2) is 13.0. The zero-order valence-electron chi connectivity index (χ0n) is 23.6. The largest absolute Gasteiger partial charge is 0.459 e. The van der Waals surface area contributed by atoms with E-state index >= 15 is 0 Å². The van der Waals surface area contributed by atoms with Gasteiger partial charge in [-0.25, -0.2) is 9.37 Å². The number of carbonyl (C=O) groups excluding carboxylic acids is 1. The zero-order chi connectivity index (χ0) is 28.0. The van der Waals surface area contributed by atoms with Gasteiger partial charge in [0.2, 0.25) is 0 Å². The lowest BCUT2D eigenvalue weighted by atomic mass is 9.84. The van der Waals surface area contributed by atoms with E-state index in [4.69, 9.17) is 14.1 Å². The van der Waals surface area contributed by atoms with Crippen LogP contribution in [0.5, 0.6) is 0 Å². The number of furan rings is 1. The Morgan fingerprint density at radius 1 is 0.878 bits per heavy atom. The van der Waals surface area contributed by atoms with E-state index in [1.54, 1.807) is 12.1 Å². The summed E-state index contributed by atoms with van der Waals surface area (Å²) in [6.45, 7) is 8.09. The third-order valence-corrected chi connectivity index (χ3v) is 8.79. The lowest BCUT2D eigenvalue weighted by molar-refractivity contribution is 0.0891. The molecule has 41 heavy (non-hydrogen) atoms. The molecule has 3 fully saturated rings. The lowest BCUT2D eigenvalue weighted by Gasteiger charge is -2.37. The van der Waals surface area contributed by atoms with Gasteiger partial charge in [0, 0.05) is 45.3 Å². The first kappa shape index (κ1) is 27.7. The normalized spacial score (nSPS) is 22.1. The molecule has 0 spiro atoms. The van der Waals surface area contributed by atoms with E-state index in [0.29, 0.717) is 19.0 Å². The van der Waals surface area contributed by atoms with E-state index in [-0.39, 0.29) is 17.8 Å². The Labute approximate surface area is 241 Å². The predicted molar refractivity (Wildman–Crippen MR) is 158 cm³/mol. The molecule has 2 aromatic heterocycles. The van der Waals surface area contributed by atoms with E-state index in [0.717, 1.165) is 100 Å². The minimum atomic E-state index is -0.225. The molecule has 3 aromatic rings. The van der Waals surface area contributed by atoms with Crippen LogP contribution in [0.4, 0.5) is 16.0 Å². The molecule has 2 saturated heterocycles. The molecule has 2 aliphatic heterocycles. The summed E-state index contributed by atoms with van der Waals surface area (Å²) in [7, 11) is 0. The van der Waals surface area contributed by atoms with Crippen LogP contribution in [-0.2, 0) is 4.74 Å². The first-order valence-electron chi connectivity index (χ1n) is 15.0. The van der Waals surface area contributed by atoms with Crippen molar-refractivity contribution in [2.24, 2.45) is 5.92 Å². The molecule has 0 bridgehead atoms. The highest BCUT2D eigenvalue weighted by Crippen LogP contribution is 2.30. The molecule has 1 saturated carbocycles. The van der Waals surface area contributed by atoms with Crippen LogP contribution >= 0.6 is 0 Å². The Bertz CT molecular complexity index is 1260. The van der Waals surface area contributed by atoms with Crippen molar-refractivity contribution in [1.82, 2.24) is 15.2 Å². The van der Waals surface area contributed by atoms with Crippen LogP contribution in [-0.4, -0.2) is 80.9 Å². The maximum Gasteiger partial charge on any atom is 0.287 e. The first-order chi connectivity index (χ1) is 20.1. The van der Waals surface area contributed by atoms with Gasteiger partial charge in [-0.05, 0) is 92.1 Å². The van der Waals surface area contributed by atoms with Crippen molar-refractivity contribution in [3.05, 3.63) is 66.4 Å². The highest BCUT2D eigenvalue weighted by atomic mass is 19.1. The molecule has 1 N–H and O–H groups in total. The van der Waals surface area contributed by atoms with Gasteiger partial charge in [-0.2, -0.15) is 0 Å². The summed E-state index contributed by atoms with van der Waals surface area (Å²) in [6, 6.07) is 14.7. The summed E-state index contributed by atoms with van der Waals surface area (Å²) in [5.41, 5.74) is 2.06. The number of benzene rings is 1. The van der Waals surface area contributed by atoms with Gasteiger partial charge < -0.3 is 24.3 Å². The predicted octanol–water partition coefficient (Wildman–Crippen LogP) is 4.82. The van der Waals surface area contributed by atoms with Gasteiger partial charge in [0.15, 0.2) is 5.76 Å². The smallest absolute Gasteiger partial charge is 0.287 e. The molecule has 1 aromatic carbocycles. The van der Waals surface area contributed by atoms with Crippen molar-refractivity contribution in [2.75, 3.05) is 68.8 Å². The van der Waals surface area contributed by atoms with Crippen LogP contribution in [0, 0.1) is 11.7 Å². The molecule has 0 unspecified atom stereocenters. The lowest BCUT2D eigenvalue weighted by Crippen LogP contribution is -2.47. The van der Waals surface area contributed by atoms with E-state index < -0.39 is 0 Å². The molecule has 4 heterocycles. The van der Waals surface area contributed by atoms with Crippen LogP contribution in [0.1, 0.15) is 42.7 Å². The molecule has 0 radical (unpaired) electrons. The quantitative estimate of drug-likeness (QED) is 0.423. The fourth-order valence-corrected chi connectivity index (χ4v) is 6.25. The van der Waals surface area contributed by atoms with Gasteiger partial charge in [0.25, 0.3) is 5.91 Å². The van der Waals surface area contributed by atoms with Crippen molar-refractivity contribution >= 4 is 17.5 Å². The molecule has 3 aliphatic rings. The van der Waals surface area contributed by atoms with Crippen LogP contribution in [0.3, 0.4) is 0 Å². The van der Waals surface area contributed by atoms with Gasteiger partial charge in [-0.15, -0.1) is 0 Å². The summed E-state index contributed by atoms with van der Waals surface area (Å²) >= 11 is 0. The van der Waals surface area contributed by atoms with Crippen LogP contribution in [0.2, 0.25) is 0 Å². The van der Waals surface area contributed by atoms with Gasteiger partial charge in [0.05, 0.1) is 19.5 Å². The fourth-order valence-electron chi connectivity index (χ4n) is 6.25. The number of nitrogens with one attached hydrogen (secondary N) is 1. The number of hydrogen-bond donors (Lipinski definition) is 1. The average molecular weight is 562 g/mol. The van der Waals surface area contributed by atoms with E-state index in [2.05, 4.69) is 32.1 Å². The number of aromatic nitrogens is 1. The standard InChI is InChI=1S/C32H40FN5O3/c33-27-7-5-25(6-8-27)26-22-30(35-31(23-26)38-17-20-40-21-18-38)37-15-13-36(14-16-37)12-11-24-3-9-28(10-4-24)34-32(39)29-2-1-19-41-29/h1-2,5-8,19,22-24,28H,3-4,9-18,20-21H2,(H,34,39)/t24-,28-. The molecule has 0 atom stereocenters. The number of ether oxygens (including phenoxy) is 1. The highest BCUT2D eigenvalue weighted by molar-refractivity contribution is 5.91. The number of nitrogens with zero attached hydrogens (tertiary/aromatic N) is 4. The van der Waals surface area contributed by atoms with Gasteiger partial charge in [-0.1, -0.05) is 12.1 Å². The molecule has 8 nitrogen and oxygen atoms in total. The van der Waals surface area contributed by atoms with Gasteiger partial charge in [0.1, 0.15) is 17.5 Å². The van der Waals surface area contributed by atoms with Crippen molar-refractivity contribution < 1.29 is 18.3 Å². The summed E-state index contributed by atoms with van der Waals surface area (Å²) < 4.78 is 24.4. The maximum atomic E-state index is 13.6. The first-order valence-corrected chi connectivity index (χ1v) is 15.0. The highest BCUT2D eigenvalue weighted by Gasteiger charge is 2.25. The van der Waals surface area contributed by atoms with E-state index in [1.807, 2.05) is 12.1 Å². The third-order valence-electron chi connectivity index (χ3n) is 8.79. The van der Waals surface area contributed by atoms with E-state index in [9.17, 15) is 9.18 Å². The topological polar surface area (TPSA) is 74.1 Å². The zero-order valence-corrected chi connectivity index (χ0v) is 23.6. The van der Waals surface area contributed by atoms with Crippen molar-refractivity contribution in [1.29, 1.82) is 0 Å². The molecule has 1 amide bonds. The number of anilines is 2. The Morgan fingerprint density at radius 3 is 2.22 bits per heavy atom. The number of piperazine rings is 1. The monoisotopic (exact) mass is 561 g/mol. The number of carbonyl (C=O) groups is 1. The summed E-state index contributed by atoms with van der Waals surface area (Å²) in [6.07, 6.45) is 7.13. The van der Waals surface area contributed by atoms with Crippen molar-refractivity contribution in [2.45, 2.75) is 38.1 Å². The molecular formula is C32H40FN5O3. The number of morpholine rings is 1. The molecular weight excluding hydrogens is 521 g/mol. The molecule has 6 rings (SSSR count). The van der Waals surface area contributed by atoms with Crippen molar-refractivity contribution in [3.8, 4) is 11.1 Å². The number of hydrogen-bond acceptors (Lipinski definition) is 7. The molecule has 218 valence electrons. The summed E-state index contributed by atoms with van der Waals surface area (Å²) in [5.74, 6) is 2.73. The van der Waals surface area contributed by atoms with Gasteiger partial charge in [-0.3, -0.25) is 9.69 Å². The maximum absolute atomic E-state index is 13.6. The van der Waals surface area contributed by atoms with Crippen LogP contribution < -0.4 is 15.1 Å². The minimum Gasteiger partial charge on any atom is -0.459 e. The minimum absolute atomic E-state index is 0.105. The average Bonchev–Trinajstić information content (AvgIpc) is 3.57. The molecule has 9 heteroatoms.